The molecule has 0 saturated heterocycles. The molecule has 1 aromatic carbocycles. The first kappa shape index (κ1) is 16.4. The van der Waals surface area contributed by atoms with Crippen molar-refractivity contribution < 1.29 is 4.74 Å². The highest BCUT2D eigenvalue weighted by atomic mass is 16.5. The van der Waals surface area contributed by atoms with Crippen LogP contribution in [0.4, 0.5) is 0 Å². The van der Waals surface area contributed by atoms with Crippen LogP contribution in [-0.2, 0) is 6.42 Å². The monoisotopic (exact) mass is 289 g/mol. The molecule has 0 aromatic heterocycles. The van der Waals surface area contributed by atoms with Gasteiger partial charge < -0.3 is 10.5 Å². The molecule has 0 bridgehead atoms. The summed E-state index contributed by atoms with van der Waals surface area (Å²) in [5.41, 5.74) is 7.14. The molecule has 2 heteroatoms. The molecule has 2 nitrogen and oxygen atoms in total. The summed E-state index contributed by atoms with van der Waals surface area (Å²) in [6, 6.07) is 8.80. The van der Waals surface area contributed by atoms with Gasteiger partial charge in [-0.25, -0.2) is 0 Å². The minimum absolute atomic E-state index is 0.278. The van der Waals surface area contributed by atoms with E-state index in [4.69, 9.17) is 10.5 Å². The van der Waals surface area contributed by atoms with Crippen molar-refractivity contribution in [3.8, 4) is 5.75 Å². The van der Waals surface area contributed by atoms with Crippen molar-refractivity contribution in [2.75, 3.05) is 6.61 Å². The maximum absolute atomic E-state index is 5.85. The second kappa shape index (κ2) is 9.09. The lowest BCUT2D eigenvalue weighted by atomic mass is 9.86. The molecule has 1 saturated carbocycles. The van der Waals surface area contributed by atoms with Crippen molar-refractivity contribution in [2.24, 2.45) is 11.7 Å². The molecular weight excluding hydrogens is 258 g/mol. The van der Waals surface area contributed by atoms with Crippen LogP contribution >= 0.6 is 0 Å². The van der Waals surface area contributed by atoms with E-state index in [1.165, 1.54) is 50.5 Å². The molecule has 1 aliphatic rings. The van der Waals surface area contributed by atoms with Crippen LogP contribution in [0.3, 0.4) is 0 Å². The van der Waals surface area contributed by atoms with Crippen LogP contribution in [0, 0.1) is 5.92 Å². The highest BCUT2D eigenvalue weighted by Gasteiger charge is 2.12. The Balaban J connectivity index is 1.61. The Morgan fingerprint density at radius 3 is 2.52 bits per heavy atom. The van der Waals surface area contributed by atoms with Gasteiger partial charge in [0.15, 0.2) is 0 Å². The van der Waals surface area contributed by atoms with E-state index in [1.807, 2.05) is 0 Å². The fraction of sp³-hybridized carbons (Fsp3) is 0.684. The Hall–Kier alpha value is -1.02. The van der Waals surface area contributed by atoms with E-state index in [0.29, 0.717) is 0 Å². The van der Waals surface area contributed by atoms with Crippen molar-refractivity contribution in [3.63, 3.8) is 0 Å². The fourth-order valence-electron chi connectivity index (χ4n) is 3.18. The standard InChI is InChI=1S/C19H31NO/c1-16(20)9-10-18-11-13-19(14-12-18)21-15-5-8-17-6-3-2-4-7-17/h11-14,16-17H,2-10,15,20H2,1H3. The van der Waals surface area contributed by atoms with Gasteiger partial charge in [0, 0.05) is 6.04 Å². The summed E-state index contributed by atoms with van der Waals surface area (Å²) in [6.07, 6.45) is 11.8. The van der Waals surface area contributed by atoms with E-state index in [2.05, 4.69) is 31.2 Å². The van der Waals surface area contributed by atoms with Gasteiger partial charge in [-0.1, -0.05) is 44.2 Å². The average molecular weight is 289 g/mol. The quantitative estimate of drug-likeness (QED) is 0.704. The highest BCUT2D eigenvalue weighted by Crippen LogP contribution is 2.27. The molecule has 1 unspecified atom stereocenters. The zero-order valence-electron chi connectivity index (χ0n) is 13.5. The summed E-state index contributed by atoms with van der Waals surface area (Å²) >= 11 is 0. The first-order valence-corrected chi connectivity index (χ1v) is 8.71. The van der Waals surface area contributed by atoms with Gasteiger partial charge in [0.1, 0.15) is 5.75 Å². The van der Waals surface area contributed by atoms with Crippen LogP contribution in [0.1, 0.15) is 63.9 Å². The Morgan fingerprint density at radius 1 is 1.14 bits per heavy atom. The molecule has 0 radical (unpaired) electrons. The number of aryl methyl sites for hydroxylation is 1. The number of ether oxygens (including phenoxy) is 1. The molecule has 2 rings (SSSR count). The molecule has 1 fully saturated rings. The van der Waals surface area contributed by atoms with Gasteiger partial charge in [-0.15, -0.1) is 0 Å². The van der Waals surface area contributed by atoms with Gasteiger partial charge in [0.2, 0.25) is 0 Å². The van der Waals surface area contributed by atoms with Gasteiger partial charge >= 0.3 is 0 Å². The minimum Gasteiger partial charge on any atom is -0.494 e. The van der Waals surface area contributed by atoms with Gasteiger partial charge in [-0.2, -0.15) is 0 Å². The lowest BCUT2D eigenvalue weighted by Gasteiger charge is -2.21. The molecule has 0 heterocycles. The van der Waals surface area contributed by atoms with Crippen LogP contribution in [0.25, 0.3) is 0 Å². The maximum atomic E-state index is 5.85. The minimum atomic E-state index is 0.278. The normalized spacial score (nSPS) is 17.6. The van der Waals surface area contributed by atoms with E-state index >= 15 is 0 Å². The topological polar surface area (TPSA) is 35.2 Å². The molecule has 1 aliphatic carbocycles. The van der Waals surface area contributed by atoms with Crippen molar-refractivity contribution in [2.45, 2.75) is 70.8 Å². The smallest absolute Gasteiger partial charge is 0.119 e. The number of hydrogen-bond acceptors (Lipinski definition) is 2. The molecule has 0 amide bonds. The predicted octanol–water partition coefficient (Wildman–Crippen LogP) is 4.71. The molecule has 1 atom stereocenters. The van der Waals surface area contributed by atoms with E-state index < -0.39 is 0 Å². The molecule has 1 aromatic rings. The first-order valence-electron chi connectivity index (χ1n) is 8.71. The Kier molecular flexibility index (Phi) is 7.08. The zero-order chi connectivity index (χ0) is 14.9. The first-order chi connectivity index (χ1) is 10.2. The number of nitrogens with two attached hydrogens (primary N) is 1. The molecule has 0 aliphatic heterocycles. The van der Waals surface area contributed by atoms with Crippen molar-refractivity contribution in [1.82, 2.24) is 0 Å². The van der Waals surface area contributed by atoms with E-state index in [9.17, 15) is 0 Å². The van der Waals surface area contributed by atoms with Gasteiger partial charge in [0.25, 0.3) is 0 Å². The summed E-state index contributed by atoms with van der Waals surface area (Å²) in [4.78, 5) is 0. The summed E-state index contributed by atoms with van der Waals surface area (Å²) in [7, 11) is 0. The van der Waals surface area contributed by atoms with E-state index in [-0.39, 0.29) is 6.04 Å². The largest absolute Gasteiger partial charge is 0.494 e. The average Bonchev–Trinajstić information content (AvgIpc) is 2.52. The van der Waals surface area contributed by atoms with E-state index in [0.717, 1.165) is 31.1 Å². The van der Waals surface area contributed by atoms with Gasteiger partial charge in [0.05, 0.1) is 6.61 Å². The van der Waals surface area contributed by atoms with Crippen LogP contribution < -0.4 is 10.5 Å². The number of benzene rings is 1. The van der Waals surface area contributed by atoms with Crippen molar-refractivity contribution in [1.29, 1.82) is 0 Å². The summed E-state index contributed by atoms with van der Waals surface area (Å²) in [5, 5.41) is 0. The lowest BCUT2D eigenvalue weighted by molar-refractivity contribution is 0.269. The van der Waals surface area contributed by atoms with E-state index in [1.54, 1.807) is 0 Å². The third-order valence-corrected chi connectivity index (χ3v) is 4.56. The van der Waals surface area contributed by atoms with Crippen molar-refractivity contribution in [3.05, 3.63) is 29.8 Å². The molecule has 21 heavy (non-hydrogen) atoms. The maximum Gasteiger partial charge on any atom is 0.119 e. The molecular formula is C19H31NO. The second-order valence-electron chi connectivity index (χ2n) is 6.65. The summed E-state index contributed by atoms with van der Waals surface area (Å²) in [6.45, 7) is 2.92. The van der Waals surface area contributed by atoms with Crippen LogP contribution in [0.15, 0.2) is 24.3 Å². The summed E-state index contributed by atoms with van der Waals surface area (Å²) < 4.78 is 5.85. The predicted molar refractivity (Wildman–Crippen MR) is 89.7 cm³/mol. The van der Waals surface area contributed by atoms with Crippen LogP contribution in [0.5, 0.6) is 5.75 Å². The van der Waals surface area contributed by atoms with Crippen LogP contribution in [-0.4, -0.2) is 12.6 Å². The van der Waals surface area contributed by atoms with Gasteiger partial charge in [-0.3, -0.25) is 0 Å². The Morgan fingerprint density at radius 2 is 1.86 bits per heavy atom. The van der Waals surface area contributed by atoms with Crippen LogP contribution in [0.2, 0.25) is 0 Å². The molecule has 0 spiro atoms. The summed E-state index contributed by atoms with van der Waals surface area (Å²) in [5.74, 6) is 1.96. The number of hydrogen-bond donors (Lipinski definition) is 1. The highest BCUT2D eigenvalue weighted by molar-refractivity contribution is 5.27. The third-order valence-electron chi connectivity index (χ3n) is 4.56. The second-order valence-corrected chi connectivity index (χ2v) is 6.65. The zero-order valence-corrected chi connectivity index (χ0v) is 13.5. The number of rotatable bonds is 8. The Bertz CT molecular complexity index is 379. The fourth-order valence-corrected chi connectivity index (χ4v) is 3.18. The molecule has 2 N–H and O–H groups in total. The third kappa shape index (κ3) is 6.52. The molecule has 118 valence electrons. The SMILES string of the molecule is CC(N)CCc1ccc(OCCCC2CCCCC2)cc1. The lowest BCUT2D eigenvalue weighted by Crippen LogP contribution is -2.15. The van der Waals surface area contributed by atoms with Crippen molar-refractivity contribution >= 4 is 0 Å². The Labute approximate surface area is 130 Å². The van der Waals surface area contributed by atoms with Gasteiger partial charge in [-0.05, 0) is 56.2 Å².